The Bertz CT molecular complexity index is 562. The van der Waals surface area contributed by atoms with Crippen molar-refractivity contribution in [3.05, 3.63) is 29.3 Å². The van der Waals surface area contributed by atoms with E-state index in [0.717, 1.165) is 12.1 Å². The van der Waals surface area contributed by atoms with Gasteiger partial charge in [0.2, 0.25) is 0 Å². The molecule has 0 radical (unpaired) electrons. The van der Waals surface area contributed by atoms with Gasteiger partial charge in [-0.1, -0.05) is 13.8 Å². The topological polar surface area (TPSA) is 70.3 Å². The number of halogens is 3. The quantitative estimate of drug-likeness (QED) is 0.904. The summed E-state index contributed by atoms with van der Waals surface area (Å²) in [6, 6.07) is 4.21. The molecule has 21 heavy (non-hydrogen) atoms. The summed E-state index contributed by atoms with van der Waals surface area (Å²) in [7, 11) is 0. The van der Waals surface area contributed by atoms with Gasteiger partial charge in [-0.05, 0) is 30.5 Å². The van der Waals surface area contributed by atoms with Gasteiger partial charge in [0.05, 0.1) is 17.2 Å². The van der Waals surface area contributed by atoms with Crippen LogP contribution in [-0.4, -0.2) is 17.2 Å². The van der Waals surface area contributed by atoms with Crippen LogP contribution in [0.15, 0.2) is 18.2 Å². The molecule has 0 heterocycles. The fourth-order valence-electron chi connectivity index (χ4n) is 1.72. The van der Waals surface area contributed by atoms with E-state index in [-0.39, 0.29) is 18.1 Å². The summed E-state index contributed by atoms with van der Waals surface area (Å²) in [4.78, 5) is 11.0. The Labute approximate surface area is 119 Å². The van der Waals surface area contributed by atoms with Crippen LogP contribution in [0.1, 0.15) is 31.4 Å². The molecule has 0 aromatic heterocycles. The molecule has 0 amide bonds. The first-order valence-electron chi connectivity index (χ1n) is 6.16. The second-order valence-corrected chi connectivity index (χ2v) is 4.89. The SMILES string of the molecule is CC(C)CC(Oc1ccc(C#N)c(C(F)(F)F)c1)C(=O)O. The number of alkyl halides is 3. The van der Waals surface area contributed by atoms with Gasteiger partial charge in [0, 0.05) is 0 Å². The van der Waals surface area contributed by atoms with Crippen LogP contribution < -0.4 is 4.74 Å². The van der Waals surface area contributed by atoms with Crippen LogP contribution in [0.4, 0.5) is 13.2 Å². The molecule has 1 rings (SSSR count). The first kappa shape index (κ1) is 16.8. The normalized spacial score (nSPS) is 12.8. The molecule has 0 spiro atoms. The predicted molar refractivity (Wildman–Crippen MR) is 67.7 cm³/mol. The molecule has 4 nitrogen and oxygen atoms in total. The number of rotatable bonds is 5. The minimum absolute atomic E-state index is 0.00608. The Morgan fingerprint density at radius 1 is 1.43 bits per heavy atom. The van der Waals surface area contributed by atoms with Crippen LogP contribution in [0.2, 0.25) is 0 Å². The van der Waals surface area contributed by atoms with Crippen molar-refractivity contribution in [3.63, 3.8) is 0 Å². The molecule has 0 saturated carbocycles. The number of nitriles is 1. The number of hydrogen-bond donors (Lipinski definition) is 1. The van der Waals surface area contributed by atoms with Crippen molar-refractivity contribution in [1.29, 1.82) is 5.26 Å². The fourth-order valence-corrected chi connectivity index (χ4v) is 1.72. The lowest BCUT2D eigenvalue weighted by atomic mass is 10.1. The fraction of sp³-hybridized carbons (Fsp3) is 0.429. The number of nitrogens with zero attached hydrogens (tertiary/aromatic N) is 1. The van der Waals surface area contributed by atoms with Crippen molar-refractivity contribution in [3.8, 4) is 11.8 Å². The molecule has 1 atom stereocenters. The zero-order valence-corrected chi connectivity index (χ0v) is 11.4. The number of carboxylic acid groups (broad SMARTS) is 1. The van der Waals surface area contributed by atoms with E-state index >= 15 is 0 Å². The molecule has 114 valence electrons. The third-order valence-corrected chi connectivity index (χ3v) is 2.66. The summed E-state index contributed by atoms with van der Waals surface area (Å²) in [5.74, 6) is -1.47. The van der Waals surface area contributed by atoms with Crippen LogP contribution >= 0.6 is 0 Å². The smallest absolute Gasteiger partial charge is 0.417 e. The van der Waals surface area contributed by atoms with E-state index in [0.29, 0.717) is 6.07 Å². The van der Waals surface area contributed by atoms with Gasteiger partial charge in [-0.2, -0.15) is 18.4 Å². The molecule has 1 aromatic carbocycles. The Balaban J connectivity index is 3.09. The first-order chi connectivity index (χ1) is 9.65. The van der Waals surface area contributed by atoms with Crippen molar-refractivity contribution < 1.29 is 27.8 Å². The van der Waals surface area contributed by atoms with Crippen molar-refractivity contribution in [2.75, 3.05) is 0 Å². The molecular weight excluding hydrogens is 287 g/mol. The maximum atomic E-state index is 12.8. The second kappa shape index (κ2) is 6.48. The van der Waals surface area contributed by atoms with Gasteiger partial charge < -0.3 is 9.84 Å². The van der Waals surface area contributed by atoms with E-state index in [2.05, 4.69) is 0 Å². The maximum Gasteiger partial charge on any atom is 0.417 e. The average molecular weight is 301 g/mol. The molecule has 1 aromatic rings. The highest BCUT2D eigenvalue weighted by molar-refractivity contribution is 5.72. The summed E-state index contributed by atoms with van der Waals surface area (Å²) < 4.78 is 43.5. The number of ether oxygens (including phenoxy) is 1. The van der Waals surface area contributed by atoms with Crippen molar-refractivity contribution in [1.82, 2.24) is 0 Å². The predicted octanol–water partition coefficient (Wildman–Crippen LogP) is 3.46. The number of benzene rings is 1. The van der Waals surface area contributed by atoms with Gasteiger partial charge in [-0.25, -0.2) is 4.79 Å². The average Bonchev–Trinajstić information content (AvgIpc) is 2.36. The molecule has 0 aliphatic rings. The van der Waals surface area contributed by atoms with Gasteiger partial charge in [0.15, 0.2) is 6.10 Å². The van der Waals surface area contributed by atoms with Crippen molar-refractivity contribution >= 4 is 5.97 Å². The van der Waals surface area contributed by atoms with Gasteiger partial charge in [0.1, 0.15) is 5.75 Å². The number of hydrogen-bond acceptors (Lipinski definition) is 3. The first-order valence-corrected chi connectivity index (χ1v) is 6.16. The van der Waals surface area contributed by atoms with Crippen LogP contribution in [0, 0.1) is 17.2 Å². The van der Waals surface area contributed by atoms with E-state index < -0.39 is 29.4 Å². The monoisotopic (exact) mass is 301 g/mol. The number of aliphatic carboxylic acids is 1. The highest BCUT2D eigenvalue weighted by atomic mass is 19.4. The molecule has 0 saturated heterocycles. The van der Waals surface area contributed by atoms with Crippen molar-refractivity contribution in [2.45, 2.75) is 32.5 Å². The zero-order valence-electron chi connectivity index (χ0n) is 11.4. The number of carbonyl (C=O) groups is 1. The molecule has 0 fully saturated rings. The van der Waals surface area contributed by atoms with Gasteiger partial charge >= 0.3 is 12.1 Å². The largest absolute Gasteiger partial charge is 0.479 e. The third kappa shape index (κ3) is 4.67. The van der Waals surface area contributed by atoms with Crippen LogP contribution in [0.5, 0.6) is 5.75 Å². The van der Waals surface area contributed by atoms with E-state index in [9.17, 15) is 18.0 Å². The molecule has 0 aliphatic carbocycles. The highest BCUT2D eigenvalue weighted by Crippen LogP contribution is 2.34. The van der Waals surface area contributed by atoms with E-state index in [1.807, 2.05) is 0 Å². The standard InChI is InChI=1S/C14H14F3NO3/c1-8(2)5-12(13(19)20)21-10-4-3-9(7-18)11(6-10)14(15,16)17/h3-4,6,8,12H,5H2,1-2H3,(H,19,20). The lowest BCUT2D eigenvalue weighted by Crippen LogP contribution is -2.28. The lowest BCUT2D eigenvalue weighted by molar-refractivity contribution is -0.145. The summed E-state index contributed by atoms with van der Waals surface area (Å²) in [6.45, 7) is 3.55. The molecule has 0 aliphatic heterocycles. The van der Waals surface area contributed by atoms with Crippen LogP contribution in [0.25, 0.3) is 0 Å². The van der Waals surface area contributed by atoms with Gasteiger partial charge in [-0.15, -0.1) is 0 Å². The molecule has 1 N–H and O–H groups in total. The minimum atomic E-state index is -4.71. The summed E-state index contributed by atoms with van der Waals surface area (Å²) in [6.07, 6.45) is -5.78. The molecule has 7 heteroatoms. The molecule has 1 unspecified atom stereocenters. The Morgan fingerprint density at radius 2 is 2.05 bits per heavy atom. The molecule has 0 bridgehead atoms. The molecular formula is C14H14F3NO3. The summed E-state index contributed by atoms with van der Waals surface area (Å²) in [5.41, 5.74) is -1.68. The van der Waals surface area contributed by atoms with E-state index in [1.54, 1.807) is 13.8 Å². The van der Waals surface area contributed by atoms with Crippen LogP contribution in [0.3, 0.4) is 0 Å². The van der Waals surface area contributed by atoms with Crippen LogP contribution in [-0.2, 0) is 11.0 Å². The second-order valence-electron chi connectivity index (χ2n) is 4.89. The Morgan fingerprint density at radius 3 is 2.48 bits per heavy atom. The highest BCUT2D eigenvalue weighted by Gasteiger charge is 2.34. The zero-order chi connectivity index (χ0) is 16.2. The van der Waals surface area contributed by atoms with E-state index in [4.69, 9.17) is 15.1 Å². The van der Waals surface area contributed by atoms with Gasteiger partial charge in [-0.3, -0.25) is 0 Å². The Kier molecular flexibility index (Phi) is 5.19. The minimum Gasteiger partial charge on any atom is -0.479 e. The number of carboxylic acids is 1. The van der Waals surface area contributed by atoms with Gasteiger partial charge in [0.25, 0.3) is 0 Å². The maximum absolute atomic E-state index is 12.8. The van der Waals surface area contributed by atoms with Crippen molar-refractivity contribution in [2.24, 2.45) is 5.92 Å². The Hall–Kier alpha value is -2.23. The summed E-state index contributed by atoms with van der Waals surface area (Å²) >= 11 is 0. The third-order valence-electron chi connectivity index (χ3n) is 2.66. The summed E-state index contributed by atoms with van der Waals surface area (Å²) in [5, 5.41) is 17.7. The lowest BCUT2D eigenvalue weighted by Gasteiger charge is -2.18. The van der Waals surface area contributed by atoms with E-state index in [1.165, 1.54) is 6.07 Å².